The third kappa shape index (κ3) is 1.98. The fourth-order valence-corrected chi connectivity index (χ4v) is 1.21. The summed E-state index contributed by atoms with van der Waals surface area (Å²) in [6, 6.07) is 6.29. The van der Waals surface area contributed by atoms with Gasteiger partial charge in [0, 0.05) is 14.1 Å². The van der Waals surface area contributed by atoms with E-state index in [1.807, 2.05) is 19.1 Å². The highest BCUT2D eigenvalue weighted by Gasteiger charge is 2.00. The predicted molar refractivity (Wildman–Crippen MR) is 53.2 cm³/mol. The van der Waals surface area contributed by atoms with Crippen LogP contribution in [0.3, 0.4) is 0 Å². The van der Waals surface area contributed by atoms with Crippen LogP contribution in [0.25, 0.3) is 0 Å². The molecule has 1 aromatic rings. The largest absolute Gasteiger partial charge is 0.319 e. The standard InChI is InChI=1S/C10H16N2/c1-8-6-5-7-9(2)10(8)11-12(3)4/h5-7,11H,1-4H3. The highest BCUT2D eigenvalue weighted by molar-refractivity contribution is 5.55. The molecule has 0 atom stereocenters. The van der Waals surface area contributed by atoms with Crippen molar-refractivity contribution in [3.05, 3.63) is 29.3 Å². The molecule has 0 bridgehead atoms. The van der Waals surface area contributed by atoms with E-state index in [1.54, 1.807) is 0 Å². The maximum atomic E-state index is 3.27. The summed E-state index contributed by atoms with van der Waals surface area (Å²) in [5.74, 6) is 0. The zero-order valence-corrected chi connectivity index (χ0v) is 8.18. The van der Waals surface area contributed by atoms with Gasteiger partial charge in [-0.15, -0.1) is 0 Å². The second-order valence-corrected chi connectivity index (χ2v) is 3.27. The van der Waals surface area contributed by atoms with Gasteiger partial charge in [0.1, 0.15) is 0 Å². The van der Waals surface area contributed by atoms with Crippen LogP contribution in [0.4, 0.5) is 5.69 Å². The molecule has 66 valence electrons. The van der Waals surface area contributed by atoms with Crippen molar-refractivity contribution in [3.63, 3.8) is 0 Å². The summed E-state index contributed by atoms with van der Waals surface area (Å²) in [6.45, 7) is 4.22. The van der Waals surface area contributed by atoms with Gasteiger partial charge in [-0.1, -0.05) is 18.2 Å². The normalized spacial score (nSPS) is 10.4. The molecule has 0 saturated heterocycles. The molecule has 0 radical (unpaired) electrons. The van der Waals surface area contributed by atoms with E-state index in [1.165, 1.54) is 16.8 Å². The van der Waals surface area contributed by atoms with Gasteiger partial charge in [0.05, 0.1) is 5.69 Å². The summed E-state index contributed by atoms with van der Waals surface area (Å²) in [5.41, 5.74) is 7.05. The van der Waals surface area contributed by atoms with E-state index in [4.69, 9.17) is 0 Å². The fourth-order valence-electron chi connectivity index (χ4n) is 1.21. The molecule has 2 heteroatoms. The molecule has 12 heavy (non-hydrogen) atoms. The first-order valence-electron chi connectivity index (χ1n) is 4.11. The van der Waals surface area contributed by atoms with E-state index < -0.39 is 0 Å². The quantitative estimate of drug-likeness (QED) is 0.674. The van der Waals surface area contributed by atoms with Crippen molar-refractivity contribution in [3.8, 4) is 0 Å². The smallest absolute Gasteiger partial charge is 0.0548 e. The molecule has 0 spiro atoms. The van der Waals surface area contributed by atoms with Crippen LogP contribution in [0.1, 0.15) is 11.1 Å². The average Bonchev–Trinajstić information content (AvgIpc) is 1.97. The van der Waals surface area contributed by atoms with Gasteiger partial charge in [0.2, 0.25) is 0 Å². The first-order valence-corrected chi connectivity index (χ1v) is 4.11. The summed E-state index contributed by atoms with van der Waals surface area (Å²) >= 11 is 0. The van der Waals surface area contributed by atoms with E-state index in [0.29, 0.717) is 0 Å². The SMILES string of the molecule is Cc1cccc(C)c1NN(C)C. The van der Waals surface area contributed by atoms with Crippen molar-refractivity contribution < 1.29 is 0 Å². The number of anilines is 1. The molecule has 1 rings (SSSR count). The van der Waals surface area contributed by atoms with Gasteiger partial charge in [-0.25, -0.2) is 5.01 Å². The number of rotatable bonds is 2. The van der Waals surface area contributed by atoms with Gasteiger partial charge >= 0.3 is 0 Å². The molecule has 1 N–H and O–H groups in total. The van der Waals surface area contributed by atoms with Crippen LogP contribution >= 0.6 is 0 Å². The Morgan fingerprint density at radius 3 is 2.00 bits per heavy atom. The van der Waals surface area contributed by atoms with Crippen LogP contribution in [0.5, 0.6) is 0 Å². The van der Waals surface area contributed by atoms with Gasteiger partial charge in [-0.05, 0) is 25.0 Å². The lowest BCUT2D eigenvalue weighted by molar-refractivity contribution is 0.494. The van der Waals surface area contributed by atoms with Crippen LogP contribution in [-0.4, -0.2) is 19.1 Å². The molecule has 0 fully saturated rings. The lowest BCUT2D eigenvalue weighted by atomic mass is 10.1. The highest BCUT2D eigenvalue weighted by Crippen LogP contribution is 2.18. The lowest BCUT2D eigenvalue weighted by Gasteiger charge is -2.17. The maximum absolute atomic E-state index is 3.27. The zero-order valence-electron chi connectivity index (χ0n) is 8.18. The molecule has 0 saturated carbocycles. The molecular weight excluding hydrogens is 148 g/mol. The number of hydrazine groups is 1. The van der Waals surface area contributed by atoms with Crippen LogP contribution in [0, 0.1) is 13.8 Å². The topological polar surface area (TPSA) is 15.3 Å². The molecule has 0 amide bonds. The minimum Gasteiger partial charge on any atom is -0.319 e. The maximum Gasteiger partial charge on any atom is 0.0548 e. The first kappa shape index (κ1) is 9.07. The molecular formula is C10H16N2. The number of nitrogens with one attached hydrogen (secondary N) is 1. The predicted octanol–water partition coefficient (Wildman–Crippen LogP) is 2.19. The number of para-hydroxylation sites is 1. The summed E-state index contributed by atoms with van der Waals surface area (Å²) < 4.78 is 0. The van der Waals surface area contributed by atoms with Crippen LogP contribution < -0.4 is 5.43 Å². The summed E-state index contributed by atoms with van der Waals surface area (Å²) in [7, 11) is 3.98. The minimum atomic E-state index is 1.21. The van der Waals surface area contributed by atoms with E-state index in [-0.39, 0.29) is 0 Å². The van der Waals surface area contributed by atoms with Crippen molar-refractivity contribution in [2.45, 2.75) is 13.8 Å². The second-order valence-electron chi connectivity index (χ2n) is 3.27. The van der Waals surface area contributed by atoms with Crippen LogP contribution in [0.15, 0.2) is 18.2 Å². The molecule has 2 nitrogen and oxygen atoms in total. The van der Waals surface area contributed by atoms with Crippen molar-refractivity contribution >= 4 is 5.69 Å². The van der Waals surface area contributed by atoms with E-state index in [2.05, 4.69) is 37.5 Å². The Morgan fingerprint density at radius 1 is 1.08 bits per heavy atom. The average molecular weight is 164 g/mol. The Balaban J connectivity index is 2.96. The molecule has 0 aliphatic carbocycles. The Bertz CT molecular complexity index is 246. The number of hydrogen-bond acceptors (Lipinski definition) is 2. The Kier molecular flexibility index (Phi) is 2.71. The molecule has 0 unspecified atom stereocenters. The van der Waals surface area contributed by atoms with Gasteiger partial charge in [-0.3, -0.25) is 0 Å². The Hall–Kier alpha value is -1.02. The third-order valence-corrected chi connectivity index (χ3v) is 1.82. The van der Waals surface area contributed by atoms with Crippen molar-refractivity contribution in [2.75, 3.05) is 19.5 Å². The Morgan fingerprint density at radius 2 is 1.58 bits per heavy atom. The Labute approximate surface area is 74.2 Å². The number of hydrogen-bond donors (Lipinski definition) is 1. The molecule has 0 heterocycles. The van der Waals surface area contributed by atoms with Gasteiger partial charge in [0.25, 0.3) is 0 Å². The first-order chi connectivity index (χ1) is 5.61. The van der Waals surface area contributed by atoms with Crippen LogP contribution in [0.2, 0.25) is 0 Å². The number of aryl methyl sites for hydroxylation is 2. The van der Waals surface area contributed by atoms with Crippen molar-refractivity contribution in [1.29, 1.82) is 0 Å². The molecule has 0 aliphatic heterocycles. The molecule has 0 aliphatic rings. The molecule has 1 aromatic carbocycles. The number of benzene rings is 1. The highest BCUT2D eigenvalue weighted by atomic mass is 15.5. The summed E-state index contributed by atoms with van der Waals surface area (Å²) in [6.07, 6.45) is 0. The second kappa shape index (κ2) is 3.59. The van der Waals surface area contributed by atoms with Crippen molar-refractivity contribution in [1.82, 2.24) is 5.01 Å². The van der Waals surface area contributed by atoms with Crippen molar-refractivity contribution in [2.24, 2.45) is 0 Å². The lowest BCUT2D eigenvalue weighted by Crippen LogP contribution is -2.20. The summed E-state index contributed by atoms with van der Waals surface area (Å²) in [4.78, 5) is 0. The van der Waals surface area contributed by atoms with Gasteiger partial charge < -0.3 is 5.43 Å². The number of nitrogens with zero attached hydrogens (tertiary/aromatic N) is 1. The minimum absolute atomic E-state index is 1.21. The van der Waals surface area contributed by atoms with E-state index in [9.17, 15) is 0 Å². The molecule has 0 aromatic heterocycles. The third-order valence-electron chi connectivity index (χ3n) is 1.82. The van der Waals surface area contributed by atoms with Gasteiger partial charge in [0.15, 0.2) is 0 Å². The monoisotopic (exact) mass is 164 g/mol. The fraction of sp³-hybridized carbons (Fsp3) is 0.400. The van der Waals surface area contributed by atoms with Crippen LogP contribution in [-0.2, 0) is 0 Å². The zero-order chi connectivity index (χ0) is 9.14. The van der Waals surface area contributed by atoms with E-state index in [0.717, 1.165) is 0 Å². The van der Waals surface area contributed by atoms with Gasteiger partial charge in [-0.2, -0.15) is 0 Å². The van der Waals surface area contributed by atoms with E-state index >= 15 is 0 Å². The summed E-state index contributed by atoms with van der Waals surface area (Å²) in [5, 5.41) is 1.95.